The third kappa shape index (κ3) is 3.94. The predicted molar refractivity (Wildman–Crippen MR) is 81.2 cm³/mol. The Morgan fingerprint density at radius 2 is 1.70 bits per heavy atom. The van der Waals surface area contributed by atoms with Gasteiger partial charge in [-0.2, -0.15) is 0 Å². The van der Waals surface area contributed by atoms with Crippen molar-refractivity contribution in [2.24, 2.45) is 0 Å². The largest absolute Gasteiger partial charge is 0.384 e. The molecule has 0 heterocycles. The molecule has 0 radical (unpaired) electrons. The Labute approximate surface area is 119 Å². The van der Waals surface area contributed by atoms with Crippen LogP contribution in [0, 0.1) is 0 Å². The van der Waals surface area contributed by atoms with E-state index in [1.54, 1.807) is 13.2 Å². The molecule has 2 heteroatoms. The summed E-state index contributed by atoms with van der Waals surface area (Å²) in [6.45, 7) is 0.460. The molecule has 102 valence electrons. The van der Waals surface area contributed by atoms with E-state index in [1.165, 1.54) is 0 Å². The van der Waals surface area contributed by atoms with Crippen LogP contribution in [-0.2, 0) is 4.74 Å². The monoisotopic (exact) mass is 266 g/mol. The molecule has 1 atom stereocenters. The van der Waals surface area contributed by atoms with Crippen molar-refractivity contribution in [3.63, 3.8) is 0 Å². The number of rotatable bonds is 5. The lowest BCUT2D eigenvalue weighted by Crippen LogP contribution is -1.94. The Hall–Kier alpha value is -2.12. The average Bonchev–Trinajstić information content (AvgIpc) is 2.53. The lowest BCUT2D eigenvalue weighted by Gasteiger charge is -2.05. The van der Waals surface area contributed by atoms with Crippen LogP contribution in [0.15, 0.2) is 72.5 Å². The van der Waals surface area contributed by atoms with Crippen molar-refractivity contribution in [1.29, 1.82) is 0 Å². The molecule has 0 aliphatic rings. The highest BCUT2D eigenvalue weighted by Crippen LogP contribution is 2.16. The zero-order valence-electron chi connectivity index (χ0n) is 11.5. The standard InChI is InChI=1S/C18H18O2/c1-20-14-17(15-8-4-2-5-9-15)12-13-18(19)16-10-6-3-7-11-16/h2-11,13,18-19H,14H2,1H3/t12?,18-/m0/s1. The Kier molecular flexibility index (Phi) is 5.33. The topological polar surface area (TPSA) is 29.5 Å². The summed E-state index contributed by atoms with van der Waals surface area (Å²) in [6, 6.07) is 19.4. The summed E-state index contributed by atoms with van der Waals surface area (Å²) in [6.07, 6.45) is 1.00. The van der Waals surface area contributed by atoms with Crippen molar-refractivity contribution >= 4 is 5.57 Å². The number of methoxy groups -OCH3 is 1. The third-order valence-electron chi connectivity index (χ3n) is 2.97. The van der Waals surface area contributed by atoms with Gasteiger partial charge in [0, 0.05) is 12.7 Å². The van der Waals surface area contributed by atoms with Crippen molar-refractivity contribution < 1.29 is 9.84 Å². The molecule has 0 saturated carbocycles. The summed E-state index contributed by atoms with van der Waals surface area (Å²) >= 11 is 0. The fourth-order valence-electron chi connectivity index (χ4n) is 1.92. The van der Waals surface area contributed by atoms with E-state index >= 15 is 0 Å². The minimum absolute atomic E-state index is 0.460. The smallest absolute Gasteiger partial charge is 0.104 e. The van der Waals surface area contributed by atoms with Crippen LogP contribution in [0.2, 0.25) is 0 Å². The van der Waals surface area contributed by atoms with E-state index in [2.05, 4.69) is 5.73 Å². The highest BCUT2D eigenvalue weighted by Gasteiger charge is 2.03. The fraction of sp³-hybridized carbons (Fsp3) is 0.167. The van der Waals surface area contributed by atoms with Crippen LogP contribution >= 0.6 is 0 Å². The highest BCUT2D eigenvalue weighted by atomic mass is 16.5. The van der Waals surface area contributed by atoms with Gasteiger partial charge in [-0.25, -0.2) is 0 Å². The van der Waals surface area contributed by atoms with Crippen LogP contribution in [0.4, 0.5) is 0 Å². The molecule has 20 heavy (non-hydrogen) atoms. The molecule has 0 aromatic heterocycles. The molecule has 0 aliphatic carbocycles. The van der Waals surface area contributed by atoms with Crippen LogP contribution in [0.25, 0.3) is 5.57 Å². The van der Waals surface area contributed by atoms with Crippen LogP contribution in [0.1, 0.15) is 17.2 Å². The first-order chi connectivity index (χ1) is 9.81. The molecule has 0 amide bonds. The second kappa shape index (κ2) is 7.46. The Morgan fingerprint density at radius 3 is 2.30 bits per heavy atom. The van der Waals surface area contributed by atoms with Gasteiger partial charge in [-0.15, -0.1) is 5.73 Å². The molecule has 0 spiro atoms. The van der Waals surface area contributed by atoms with Crippen LogP contribution in [0.3, 0.4) is 0 Å². The molecule has 0 bridgehead atoms. The molecule has 0 saturated heterocycles. The predicted octanol–water partition coefficient (Wildman–Crippen LogP) is 3.61. The van der Waals surface area contributed by atoms with E-state index in [0.717, 1.165) is 16.7 Å². The Morgan fingerprint density at radius 1 is 1.10 bits per heavy atom. The maximum absolute atomic E-state index is 10.1. The number of aliphatic hydroxyl groups is 1. The van der Waals surface area contributed by atoms with Gasteiger partial charge in [0.1, 0.15) is 6.10 Å². The minimum Gasteiger partial charge on any atom is -0.384 e. The summed E-state index contributed by atoms with van der Waals surface area (Å²) in [5, 5.41) is 10.1. The minimum atomic E-state index is -0.660. The van der Waals surface area contributed by atoms with E-state index in [0.29, 0.717) is 6.61 Å². The van der Waals surface area contributed by atoms with E-state index in [4.69, 9.17) is 4.74 Å². The summed E-state index contributed by atoms with van der Waals surface area (Å²) in [5.74, 6) is 0. The van der Waals surface area contributed by atoms with Crippen LogP contribution in [0.5, 0.6) is 0 Å². The van der Waals surface area contributed by atoms with Crippen LogP contribution in [-0.4, -0.2) is 18.8 Å². The molecular weight excluding hydrogens is 248 g/mol. The fourth-order valence-corrected chi connectivity index (χ4v) is 1.92. The number of hydrogen-bond donors (Lipinski definition) is 1. The van der Waals surface area contributed by atoms with Crippen molar-refractivity contribution in [3.8, 4) is 0 Å². The zero-order chi connectivity index (χ0) is 14.2. The molecule has 2 aromatic carbocycles. The second-order valence-electron chi connectivity index (χ2n) is 4.44. The first kappa shape index (κ1) is 14.3. The number of hydrogen-bond acceptors (Lipinski definition) is 2. The van der Waals surface area contributed by atoms with E-state index < -0.39 is 6.10 Å². The Bertz CT molecular complexity index is 581. The quantitative estimate of drug-likeness (QED) is 0.838. The molecule has 2 aromatic rings. The molecule has 0 fully saturated rings. The van der Waals surface area contributed by atoms with Gasteiger partial charge in [0.05, 0.1) is 6.61 Å². The zero-order valence-corrected chi connectivity index (χ0v) is 11.5. The van der Waals surface area contributed by atoms with E-state index in [9.17, 15) is 5.11 Å². The van der Waals surface area contributed by atoms with Gasteiger partial charge in [0.15, 0.2) is 0 Å². The van der Waals surface area contributed by atoms with Gasteiger partial charge >= 0.3 is 0 Å². The number of benzene rings is 2. The van der Waals surface area contributed by atoms with Crippen LogP contribution < -0.4 is 0 Å². The summed E-state index contributed by atoms with van der Waals surface area (Å²) in [5.41, 5.74) is 5.97. The van der Waals surface area contributed by atoms with Crippen molar-refractivity contribution in [2.75, 3.05) is 13.7 Å². The van der Waals surface area contributed by atoms with Crippen molar-refractivity contribution in [2.45, 2.75) is 6.10 Å². The van der Waals surface area contributed by atoms with E-state index in [-0.39, 0.29) is 0 Å². The SMILES string of the molecule is COCC(=C=C[C@H](O)c1ccccc1)c1ccccc1. The second-order valence-corrected chi connectivity index (χ2v) is 4.44. The molecule has 2 nitrogen and oxygen atoms in total. The van der Waals surface area contributed by atoms with Crippen molar-refractivity contribution in [3.05, 3.63) is 83.6 Å². The lowest BCUT2D eigenvalue weighted by molar-refractivity contribution is 0.228. The Balaban J connectivity index is 2.27. The average molecular weight is 266 g/mol. The van der Waals surface area contributed by atoms with Gasteiger partial charge in [-0.3, -0.25) is 0 Å². The summed E-state index contributed by atoms with van der Waals surface area (Å²) in [7, 11) is 1.65. The normalized spacial score (nSPS) is 11.5. The maximum Gasteiger partial charge on any atom is 0.104 e. The lowest BCUT2D eigenvalue weighted by atomic mass is 10.1. The first-order valence-electron chi connectivity index (χ1n) is 6.54. The summed E-state index contributed by atoms with van der Waals surface area (Å²) in [4.78, 5) is 0. The molecule has 0 unspecified atom stereocenters. The van der Waals surface area contributed by atoms with Gasteiger partial charge in [-0.05, 0) is 17.2 Å². The molecule has 2 rings (SSSR count). The van der Waals surface area contributed by atoms with Gasteiger partial charge < -0.3 is 9.84 Å². The first-order valence-corrected chi connectivity index (χ1v) is 6.54. The van der Waals surface area contributed by atoms with Gasteiger partial charge in [0.25, 0.3) is 0 Å². The number of ether oxygens (including phenoxy) is 1. The van der Waals surface area contributed by atoms with Gasteiger partial charge in [0.2, 0.25) is 0 Å². The molecular formula is C18H18O2. The molecule has 1 N–H and O–H groups in total. The summed E-state index contributed by atoms with van der Waals surface area (Å²) < 4.78 is 5.20. The maximum atomic E-state index is 10.1. The molecule has 0 aliphatic heterocycles. The number of aliphatic hydroxyl groups excluding tert-OH is 1. The highest BCUT2D eigenvalue weighted by molar-refractivity contribution is 5.65. The van der Waals surface area contributed by atoms with Gasteiger partial charge in [-0.1, -0.05) is 60.7 Å². The van der Waals surface area contributed by atoms with E-state index in [1.807, 2.05) is 60.7 Å². The third-order valence-corrected chi connectivity index (χ3v) is 2.97. The van der Waals surface area contributed by atoms with Crippen molar-refractivity contribution in [1.82, 2.24) is 0 Å².